The first-order valence-electron chi connectivity index (χ1n) is 8.71. The van der Waals surface area contributed by atoms with E-state index in [1.807, 2.05) is 42.3 Å². The first kappa shape index (κ1) is 18.9. The van der Waals surface area contributed by atoms with E-state index in [-0.39, 0.29) is 10.8 Å². The highest BCUT2D eigenvalue weighted by Crippen LogP contribution is 2.38. The molecule has 138 valence electrons. The highest BCUT2D eigenvalue weighted by molar-refractivity contribution is 8.00. The van der Waals surface area contributed by atoms with Crippen molar-refractivity contribution in [2.45, 2.75) is 29.0 Å². The minimum absolute atomic E-state index is 0.0283. The molecule has 26 heavy (non-hydrogen) atoms. The lowest BCUT2D eigenvalue weighted by Gasteiger charge is -2.34. The number of benzene rings is 2. The van der Waals surface area contributed by atoms with E-state index in [2.05, 4.69) is 5.32 Å². The van der Waals surface area contributed by atoms with Crippen LogP contribution in [0.5, 0.6) is 0 Å². The zero-order valence-electron chi connectivity index (χ0n) is 14.6. The monoisotopic (exact) mass is 376 g/mol. The quantitative estimate of drug-likeness (QED) is 0.801. The summed E-state index contributed by atoms with van der Waals surface area (Å²) in [4.78, 5) is 15.3. The zero-order valence-corrected chi connectivity index (χ0v) is 15.4. The lowest BCUT2D eigenvalue weighted by Crippen LogP contribution is -2.45. The van der Waals surface area contributed by atoms with Crippen molar-refractivity contribution in [3.05, 3.63) is 65.7 Å². The van der Waals surface area contributed by atoms with Crippen LogP contribution in [0.3, 0.4) is 0 Å². The van der Waals surface area contributed by atoms with Gasteiger partial charge in [-0.2, -0.15) is 0 Å². The van der Waals surface area contributed by atoms with Gasteiger partial charge in [0.1, 0.15) is 16.9 Å². The maximum atomic E-state index is 14.1. The highest BCUT2D eigenvalue weighted by atomic mass is 32.2. The van der Waals surface area contributed by atoms with Crippen LogP contribution in [-0.4, -0.2) is 37.0 Å². The smallest absolute Gasteiger partial charge is 0.240 e. The van der Waals surface area contributed by atoms with Crippen LogP contribution >= 0.6 is 11.8 Å². The van der Waals surface area contributed by atoms with Crippen LogP contribution in [0, 0.1) is 11.6 Å². The predicted molar refractivity (Wildman–Crippen MR) is 100 cm³/mol. The largest absolute Gasteiger partial charge is 0.341 e. The van der Waals surface area contributed by atoms with Gasteiger partial charge in [-0.25, -0.2) is 8.78 Å². The number of carbonyl (C=O) groups excluding carboxylic acids is 1. The minimum atomic E-state index is -0.641. The average Bonchev–Trinajstić information content (AvgIpc) is 2.68. The summed E-state index contributed by atoms with van der Waals surface area (Å²) in [6.07, 6.45) is 1.80. The van der Waals surface area contributed by atoms with E-state index in [1.165, 1.54) is 12.1 Å². The molecule has 1 amide bonds. The summed E-state index contributed by atoms with van der Waals surface area (Å²) in [6.45, 7) is 1.36. The Labute approximate surface area is 156 Å². The minimum Gasteiger partial charge on any atom is -0.341 e. The Bertz CT molecular complexity index is 749. The van der Waals surface area contributed by atoms with Crippen molar-refractivity contribution >= 4 is 17.7 Å². The fraction of sp³-hybridized carbons (Fsp3) is 0.350. The lowest BCUT2D eigenvalue weighted by atomic mass is 10.0. The van der Waals surface area contributed by atoms with Crippen molar-refractivity contribution < 1.29 is 13.6 Å². The second-order valence-electron chi connectivity index (χ2n) is 6.37. The topological polar surface area (TPSA) is 32.3 Å². The van der Waals surface area contributed by atoms with E-state index in [0.717, 1.165) is 36.2 Å². The van der Waals surface area contributed by atoms with Gasteiger partial charge in [0, 0.05) is 30.1 Å². The Morgan fingerprint density at radius 1 is 1.15 bits per heavy atom. The van der Waals surface area contributed by atoms with Crippen LogP contribution in [0.2, 0.25) is 0 Å². The second kappa shape index (κ2) is 8.64. The van der Waals surface area contributed by atoms with Crippen LogP contribution in [0.15, 0.2) is 53.4 Å². The summed E-state index contributed by atoms with van der Waals surface area (Å²) in [5.41, 5.74) is 0.821. The molecular weight excluding hydrogens is 354 g/mol. The number of piperidine rings is 1. The molecule has 0 bridgehead atoms. The fourth-order valence-electron chi connectivity index (χ4n) is 3.14. The number of halogens is 2. The van der Waals surface area contributed by atoms with Gasteiger partial charge in [0.05, 0.1) is 0 Å². The maximum absolute atomic E-state index is 14.1. The third-order valence-electron chi connectivity index (χ3n) is 4.68. The molecular formula is C20H22F2N2OS. The Morgan fingerprint density at radius 2 is 1.85 bits per heavy atom. The number of thioether (sulfide) groups is 1. The van der Waals surface area contributed by atoms with Crippen molar-refractivity contribution in [1.29, 1.82) is 0 Å². The molecule has 1 N–H and O–H groups in total. The molecule has 0 radical (unpaired) electrons. The number of rotatable bonds is 5. The molecule has 3 nitrogen and oxygen atoms in total. The Kier molecular flexibility index (Phi) is 6.27. The fourth-order valence-corrected chi connectivity index (χ4v) is 4.26. The van der Waals surface area contributed by atoms with Gasteiger partial charge in [-0.05, 0) is 37.6 Å². The Balaban J connectivity index is 1.83. The van der Waals surface area contributed by atoms with E-state index < -0.39 is 16.9 Å². The van der Waals surface area contributed by atoms with Gasteiger partial charge in [0.15, 0.2) is 0 Å². The summed E-state index contributed by atoms with van der Waals surface area (Å²) >= 11 is 1.14. The van der Waals surface area contributed by atoms with Crippen molar-refractivity contribution in [2.75, 3.05) is 20.1 Å². The summed E-state index contributed by atoms with van der Waals surface area (Å²) in [5, 5.41) is 2.70. The van der Waals surface area contributed by atoms with Crippen molar-refractivity contribution in [2.24, 2.45) is 0 Å². The van der Waals surface area contributed by atoms with E-state index in [9.17, 15) is 13.6 Å². The van der Waals surface area contributed by atoms with Crippen LogP contribution in [-0.2, 0) is 4.79 Å². The Morgan fingerprint density at radius 3 is 2.46 bits per heavy atom. The third-order valence-corrected chi connectivity index (χ3v) is 5.97. The van der Waals surface area contributed by atoms with Gasteiger partial charge in [0.2, 0.25) is 5.91 Å². The first-order valence-corrected chi connectivity index (χ1v) is 9.59. The van der Waals surface area contributed by atoms with Gasteiger partial charge in [0.25, 0.3) is 0 Å². The molecule has 0 aliphatic carbocycles. The van der Waals surface area contributed by atoms with E-state index >= 15 is 0 Å². The lowest BCUT2D eigenvalue weighted by molar-refractivity contribution is -0.131. The van der Waals surface area contributed by atoms with Crippen molar-refractivity contribution in [3.8, 4) is 0 Å². The molecule has 1 aliphatic heterocycles. The summed E-state index contributed by atoms with van der Waals surface area (Å²) < 4.78 is 27.3. The molecule has 0 spiro atoms. The molecule has 1 saturated heterocycles. The molecule has 0 saturated carbocycles. The number of nitrogens with one attached hydrogen (secondary N) is 1. The summed E-state index contributed by atoms with van der Waals surface area (Å²) in [5.74, 6) is -1.29. The first-order chi connectivity index (χ1) is 12.6. The molecule has 2 aromatic rings. The van der Waals surface area contributed by atoms with Crippen LogP contribution in [0.25, 0.3) is 0 Å². The SMILES string of the molecule is CNC1CCN(C(=O)C(Sc2ccc(F)cc2F)c2ccccc2)CC1. The van der Waals surface area contributed by atoms with Crippen LogP contribution in [0.1, 0.15) is 23.7 Å². The van der Waals surface area contributed by atoms with Gasteiger partial charge < -0.3 is 10.2 Å². The van der Waals surface area contributed by atoms with Gasteiger partial charge in [-0.3, -0.25) is 4.79 Å². The molecule has 1 aliphatic rings. The summed E-state index contributed by atoms with van der Waals surface area (Å²) in [6, 6.07) is 13.3. The number of carbonyl (C=O) groups is 1. The van der Waals surface area contributed by atoms with Crippen molar-refractivity contribution in [1.82, 2.24) is 10.2 Å². The van der Waals surface area contributed by atoms with E-state index in [1.54, 1.807) is 0 Å². The van der Waals surface area contributed by atoms with Crippen LogP contribution < -0.4 is 5.32 Å². The van der Waals surface area contributed by atoms with E-state index in [0.29, 0.717) is 19.1 Å². The van der Waals surface area contributed by atoms with E-state index in [4.69, 9.17) is 0 Å². The number of likely N-dealkylation sites (tertiary alicyclic amines) is 1. The molecule has 1 atom stereocenters. The number of hydrogen-bond acceptors (Lipinski definition) is 3. The second-order valence-corrected chi connectivity index (χ2v) is 7.52. The number of hydrogen-bond donors (Lipinski definition) is 1. The zero-order chi connectivity index (χ0) is 18.5. The Hall–Kier alpha value is -1.92. The van der Waals surface area contributed by atoms with Crippen LogP contribution in [0.4, 0.5) is 8.78 Å². The molecule has 1 heterocycles. The molecule has 3 rings (SSSR count). The predicted octanol–water partition coefficient (Wildman–Crippen LogP) is 4.01. The molecule has 0 aromatic heterocycles. The third kappa shape index (κ3) is 4.43. The molecule has 1 unspecified atom stereocenters. The standard InChI is InChI=1S/C20H22F2N2OS/c1-23-16-9-11-24(12-10-16)20(25)19(14-5-3-2-4-6-14)26-18-8-7-15(21)13-17(18)22/h2-8,13,16,19,23H,9-12H2,1H3. The molecule has 6 heteroatoms. The molecule has 2 aromatic carbocycles. The van der Waals surface area contributed by atoms with Gasteiger partial charge >= 0.3 is 0 Å². The summed E-state index contributed by atoms with van der Waals surface area (Å²) in [7, 11) is 1.93. The normalized spacial score (nSPS) is 16.5. The van der Waals surface area contributed by atoms with Crippen molar-refractivity contribution in [3.63, 3.8) is 0 Å². The number of amides is 1. The average molecular weight is 376 g/mol. The molecule has 1 fully saturated rings. The van der Waals surface area contributed by atoms with Gasteiger partial charge in [-0.1, -0.05) is 30.3 Å². The van der Waals surface area contributed by atoms with Gasteiger partial charge in [-0.15, -0.1) is 11.8 Å². The maximum Gasteiger partial charge on any atom is 0.240 e. The highest BCUT2D eigenvalue weighted by Gasteiger charge is 2.30. The number of nitrogens with zero attached hydrogens (tertiary/aromatic N) is 1.